The topological polar surface area (TPSA) is 127 Å². The summed E-state index contributed by atoms with van der Waals surface area (Å²) in [4.78, 5) is 53.6. The van der Waals surface area contributed by atoms with Gasteiger partial charge in [-0.2, -0.15) is 0 Å². The van der Waals surface area contributed by atoms with Crippen molar-refractivity contribution in [1.29, 1.82) is 0 Å². The van der Waals surface area contributed by atoms with E-state index in [0.29, 0.717) is 25.9 Å². The van der Waals surface area contributed by atoms with Crippen molar-refractivity contribution in [2.75, 3.05) is 13.1 Å². The van der Waals surface area contributed by atoms with Gasteiger partial charge in [-0.1, -0.05) is 42.5 Å². The largest absolute Gasteiger partial charge is 0.480 e. The van der Waals surface area contributed by atoms with Crippen LogP contribution in [-0.2, 0) is 16.1 Å². The van der Waals surface area contributed by atoms with E-state index in [2.05, 4.69) is 10.2 Å². The minimum atomic E-state index is -1.53. The fraction of sp³-hybridized carbons (Fsp3) is 0.360. The highest BCUT2D eigenvalue weighted by Gasteiger charge is 2.58. The lowest BCUT2D eigenvalue weighted by Gasteiger charge is -2.40. The Bertz CT molecular complexity index is 1150. The molecule has 0 aromatic heterocycles. The molecule has 3 N–H and O–H groups in total. The number of rotatable bonds is 6. The van der Waals surface area contributed by atoms with Gasteiger partial charge in [0.25, 0.3) is 11.8 Å². The Hall–Kier alpha value is -3.21. The molecule has 0 radical (unpaired) electrons. The van der Waals surface area contributed by atoms with Gasteiger partial charge in [0.1, 0.15) is 6.04 Å². The molecule has 35 heavy (non-hydrogen) atoms. The zero-order valence-corrected chi connectivity index (χ0v) is 19.6. The molecule has 3 atom stereocenters. The van der Waals surface area contributed by atoms with Gasteiger partial charge in [-0.15, -0.1) is 11.8 Å². The highest BCUT2D eigenvalue weighted by molar-refractivity contribution is 8.01. The number of hydrogen-bond acceptors (Lipinski definition) is 7. The number of fused-ring (bicyclic) bond motifs is 1. The maximum atomic E-state index is 13.0. The van der Waals surface area contributed by atoms with Crippen LogP contribution in [0.1, 0.15) is 39.1 Å². The molecule has 2 aromatic carbocycles. The molecule has 182 valence electrons. The number of nitrogens with one attached hydrogen (secondary N) is 1. The third-order valence-corrected chi connectivity index (χ3v) is 8.82. The molecular formula is C25H25N3O6S. The van der Waals surface area contributed by atoms with E-state index in [9.17, 15) is 29.4 Å². The summed E-state index contributed by atoms with van der Waals surface area (Å²) in [6, 6.07) is 13.7. The standard InChI is InChI=1S/C25H25N3O6S/c29-21-16-8-4-5-9-17(16)22(30)28(21)18(23(31)32)20-26-19(24(33)34)25(35-20)10-12-27(13-11-25)14-15-6-2-1-3-7-15/h1-9,18-20,26H,10-14H2,(H,31,32)(H,33,34). The van der Waals surface area contributed by atoms with Crippen molar-refractivity contribution in [2.24, 2.45) is 0 Å². The number of amides is 2. The van der Waals surface area contributed by atoms with Crippen LogP contribution < -0.4 is 5.32 Å². The van der Waals surface area contributed by atoms with Gasteiger partial charge >= 0.3 is 11.9 Å². The van der Waals surface area contributed by atoms with E-state index in [1.807, 2.05) is 30.3 Å². The molecule has 0 bridgehead atoms. The fourth-order valence-electron chi connectivity index (χ4n) is 5.30. The van der Waals surface area contributed by atoms with Gasteiger partial charge in [-0.25, -0.2) is 4.79 Å². The Morgan fingerprint density at radius 2 is 1.54 bits per heavy atom. The monoisotopic (exact) mass is 495 g/mol. The number of benzene rings is 2. The van der Waals surface area contributed by atoms with E-state index in [4.69, 9.17) is 0 Å². The van der Waals surface area contributed by atoms with Gasteiger partial charge in [0.2, 0.25) is 0 Å². The van der Waals surface area contributed by atoms with Gasteiger partial charge in [-0.05, 0) is 43.6 Å². The Morgan fingerprint density at radius 3 is 2.09 bits per heavy atom. The number of likely N-dealkylation sites (tertiary alicyclic amines) is 1. The van der Waals surface area contributed by atoms with Crippen LogP contribution in [0.5, 0.6) is 0 Å². The molecule has 3 unspecified atom stereocenters. The van der Waals surface area contributed by atoms with E-state index < -0.39 is 46.0 Å². The first-order valence-corrected chi connectivity index (χ1v) is 12.3. The van der Waals surface area contributed by atoms with Crippen molar-refractivity contribution in [1.82, 2.24) is 15.1 Å². The van der Waals surface area contributed by atoms with E-state index in [-0.39, 0.29) is 11.1 Å². The Labute approximate surface area is 206 Å². The number of carbonyl (C=O) groups excluding carboxylic acids is 2. The normalized spacial score (nSPS) is 24.5. The molecular weight excluding hydrogens is 470 g/mol. The summed E-state index contributed by atoms with van der Waals surface area (Å²) < 4.78 is -0.740. The number of aliphatic carboxylic acids is 2. The molecule has 3 aliphatic rings. The van der Waals surface area contributed by atoms with E-state index in [1.54, 1.807) is 12.1 Å². The molecule has 2 amide bonds. The number of carboxylic acids is 2. The van der Waals surface area contributed by atoms with E-state index >= 15 is 0 Å². The van der Waals surface area contributed by atoms with E-state index in [0.717, 1.165) is 11.4 Å². The SMILES string of the molecule is O=C(O)C(C1NC(C(=O)O)C2(CCN(Cc3ccccc3)CC2)S1)N1C(=O)c2ccccc2C1=O. The third-order valence-electron chi connectivity index (χ3n) is 7.06. The number of carbonyl (C=O) groups is 4. The maximum Gasteiger partial charge on any atom is 0.329 e. The number of imide groups is 1. The fourth-order valence-corrected chi connectivity index (χ4v) is 7.10. The van der Waals surface area contributed by atoms with Crippen molar-refractivity contribution in [3.63, 3.8) is 0 Å². The van der Waals surface area contributed by atoms with Crippen LogP contribution in [0.2, 0.25) is 0 Å². The van der Waals surface area contributed by atoms with Crippen LogP contribution in [0.15, 0.2) is 54.6 Å². The van der Waals surface area contributed by atoms with Crippen molar-refractivity contribution in [3.8, 4) is 0 Å². The van der Waals surface area contributed by atoms with Crippen LogP contribution in [0.4, 0.5) is 0 Å². The zero-order chi connectivity index (χ0) is 24.7. The minimum absolute atomic E-state index is 0.158. The lowest BCUT2D eigenvalue weighted by atomic mass is 9.88. The summed E-state index contributed by atoms with van der Waals surface area (Å²) >= 11 is 1.24. The molecule has 3 aliphatic heterocycles. The summed E-state index contributed by atoms with van der Waals surface area (Å²) in [6.45, 7) is 2.07. The highest BCUT2D eigenvalue weighted by atomic mass is 32.2. The highest BCUT2D eigenvalue weighted by Crippen LogP contribution is 2.48. The first kappa shape index (κ1) is 23.5. The first-order valence-electron chi connectivity index (χ1n) is 11.4. The molecule has 0 aliphatic carbocycles. The van der Waals surface area contributed by atoms with Gasteiger partial charge < -0.3 is 10.2 Å². The molecule has 3 heterocycles. The predicted octanol–water partition coefficient (Wildman–Crippen LogP) is 1.89. The smallest absolute Gasteiger partial charge is 0.329 e. The summed E-state index contributed by atoms with van der Waals surface area (Å²) in [6.07, 6.45) is 1.08. The Morgan fingerprint density at radius 1 is 0.971 bits per heavy atom. The minimum Gasteiger partial charge on any atom is -0.480 e. The Balaban J connectivity index is 1.37. The molecule has 10 heteroatoms. The van der Waals surface area contributed by atoms with Gasteiger partial charge in [-0.3, -0.25) is 29.5 Å². The number of carboxylic acid groups (broad SMARTS) is 2. The predicted molar refractivity (Wildman–Crippen MR) is 128 cm³/mol. The second-order valence-electron chi connectivity index (χ2n) is 9.11. The van der Waals surface area contributed by atoms with Crippen molar-refractivity contribution < 1.29 is 29.4 Å². The second-order valence-corrected chi connectivity index (χ2v) is 10.7. The molecule has 2 fully saturated rings. The second kappa shape index (κ2) is 9.10. The average molecular weight is 496 g/mol. The third kappa shape index (κ3) is 4.11. The van der Waals surface area contributed by atoms with Gasteiger partial charge in [0, 0.05) is 11.3 Å². The van der Waals surface area contributed by atoms with Crippen LogP contribution in [0.3, 0.4) is 0 Å². The average Bonchev–Trinajstić information content (AvgIpc) is 3.33. The van der Waals surface area contributed by atoms with Crippen molar-refractivity contribution in [3.05, 3.63) is 71.3 Å². The maximum absolute atomic E-state index is 13.0. The molecule has 5 rings (SSSR count). The van der Waals surface area contributed by atoms with Gasteiger partial charge in [0.15, 0.2) is 6.04 Å². The Kier molecular flexibility index (Phi) is 6.12. The van der Waals surface area contributed by atoms with E-state index in [1.165, 1.54) is 29.5 Å². The molecule has 9 nitrogen and oxygen atoms in total. The summed E-state index contributed by atoms with van der Waals surface area (Å²) in [5, 5.41) is 22.1. The van der Waals surface area contributed by atoms with Crippen LogP contribution in [0.25, 0.3) is 0 Å². The quantitative estimate of drug-likeness (QED) is 0.515. The zero-order valence-electron chi connectivity index (χ0n) is 18.8. The summed E-state index contributed by atoms with van der Waals surface area (Å²) in [5.41, 5.74) is 1.49. The molecule has 2 aromatic rings. The lowest BCUT2D eigenvalue weighted by molar-refractivity contribution is -0.143. The summed E-state index contributed by atoms with van der Waals surface area (Å²) in [7, 11) is 0. The van der Waals surface area contributed by atoms with Crippen molar-refractivity contribution >= 4 is 35.5 Å². The lowest BCUT2D eigenvalue weighted by Crippen LogP contribution is -2.56. The summed E-state index contributed by atoms with van der Waals surface area (Å²) in [5.74, 6) is -3.77. The number of nitrogens with zero attached hydrogens (tertiary/aromatic N) is 2. The number of hydrogen-bond donors (Lipinski definition) is 3. The van der Waals surface area contributed by atoms with Crippen LogP contribution in [-0.4, -0.2) is 79.1 Å². The molecule has 2 saturated heterocycles. The molecule has 1 spiro atoms. The number of thioether (sulfide) groups is 1. The number of piperidine rings is 1. The molecule has 0 saturated carbocycles. The van der Waals surface area contributed by atoms with Gasteiger partial charge in [0.05, 0.1) is 16.5 Å². The van der Waals surface area contributed by atoms with Crippen LogP contribution in [0, 0.1) is 0 Å². The van der Waals surface area contributed by atoms with Crippen molar-refractivity contribution in [2.45, 2.75) is 41.6 Å². The van der Waals surface area contributed by atoms with Crippen LogP contribution >= 0.6 is 11.8 Å². The first-order chi connectivity index (χ1) is 16.8.